The highest BCUT2D eigenvalue weighted by Crippen LogP contribution is 2.34. The lowest BCUT2D eigenvalue weighted by atomic mass is 9.77. The normalized spacial score (nSPS) is 34.5. The molecule has 0 aliphatic heterocycles. The van der Waals surface area contributed by atoms with Crippen LogP contribution in [0.5, 0.6) is 0 Å². The SMILES string of the molecule is COC1(C(C)=O)CCC(CO)CC1. The van der Waals surface area contributed by atoms with Crippen LogP contribution in [0, 0.1) is 5.92 Å². The fourth-order valence-electron chi connectivity index (χ4n) is 2.03. The Hall–Kier alpha value is -0.410. The molecule has 0 spiro atoms. The molecule has 76 valence electrons. The van der Waals surface area contributed by atoms with E-state index in [1.165, 1.54) is 0 Å². The molecule has 1 aliphatic carbocycles. The minimum atomic E-state index is -0.550. The molecule has 1 rings (SSSR count). The summed E-state index contributed by atoms with van der Waals surface area (Å²) in [5.74, 6) is 0.481. The van der Waals surface area contributed by atoms with E-state index in [-0.39, 0.29) is 12.4 Å². The second kappa shape index (κ2) is 4.20. The Bertz CT molecular complexity index is 181. The van der Waals surface area contributed by atoms with Gasteiger partial charge in [-0.05, 0) is 38.5 Å². The molecule has 1 saturated carbocycles. The first-order valence-corrected chi connectivity index (χ1v) is 4.81. The van der Waals surface area contributed by atoms with Gasteiger partial charge in [0.1, 0.15) is 5.60 Å². The maximum atomic E-state index is 11.4. The summed E-state index contributed by atoms with van der Waals surface area (Å²) in [6.45, 7) is 1.82. The number of ether oxygens (including phenoxy) is 1. The van der Waals surface area contributed by atoms with Gasteiger partial charge in [-0.3, -0.25) is 4.79 Å². The molecular weight excluding hydrogens is 168 g/mol. The molecule has 0 atom stereocenters. The highest BCUT2D eigenvalue weighted by Gasteiger charge is 2.39. The third-order valence-electron chi connectivity index (χ3n) is 3.20. The molecule has 1 fully saturated rings. The minimum Gasteiger partial charge on any atom is -0.396 e. The smallest absolute Gasteiger partial charge is 0.161 e. The fourth-order valence-corrected chi connectivity index (χ4v) is 2.03. The predicted molar refractivity (Wildman–Crippen MR) is 49.5 cm³/mol. The number of hydrogen-bond acceptors (Lipinski definition) is 3. The van der Waals surface area contributed by atoms with Crippen molar-refractivity contribution in [3.63, 3.8) is 0 Å². The van der Waals surface area contributed by atoms with Crippen molar-refractivity contribution < 1.29 is 14.6 Å². The highest BCUT2D eigenvalue weighted by molar-refractivity contribution is 5.85. The average Bonchev–Trinajstić information content (AvgIpc) is 2.17. The van der Waals surface area contributed by atoms with E-state index >= 15 is 0 Å². The number of rotatable bonds is 3. The number of ketones is 1. The summed E-state index contributed by atoms with van der Waals surface area (Å²) < 4.78 is 5.30. The number of carbonyl (C=O) groups excluding carboxylic acids is 1. The van der Waals surface area contributed by atoms with Crippen LogP contribution in [0.4, 0.5) is 0 Å². The molecule has 3 nitrogen and oxygen atoms in total. The van der Waals surface area contributed by atoms with Crippen molar-refractivity contribution in [2.45, 2.75) is 38.2 Å². The molecule has 0 aromatic heterocycles. The van der Waals surface area contributed by atoms with Crippen molar-refractivity contribution in [2.24, 2.45) is 5.92 Å². The van der Waals surface area contributed by atoms with Crippen molar-refractivity contribution in [1.82, 2.24) is 0 Å². The third kappa shape index (κ3) is 2.09. The number of hydrogen-bond donors (Lipinski definition) is 1. The number of carbonyl (C=O) groups is 1. The minimum absolute atomic E-state index is 0.117. The van der Waals surface area contributed by atoms with E-state index in [1.54, 1.807) is 14.0 Å². The van der Waals surface area contributed by atoms with Crippen LogP contribution in [0.15, 0.2) is 0 Å². The van der Waals surface area contributed by atoms with E-state index in [1.807, 2.05) is 0 Å². The Morgan fingerprint density at radius 3 is 2.38 bits per heavy atom. The van der Waals surface area contributed by atoms with E-state index in [2.05, 4.69) is 0 Å². The van der Waals surface area contributed by atoms with Crippen molar-refractivity contribution in [3.8, 4) is 0 Å². The third-order valence-corrected chi connectivity index (χ3v) is 3.20. The maximum Gasteiger partial charge on any atom is 0.161 e. The maximum absolute atomic E-state index is 11.4. The molecule has 1 N–H and O–H groups in total. The van der Waals surface area contributed by atoms with Crippen LogP contribution in [-0.2, 0) is 9.53 Å². The molecule has 0 aromatic rings. The monoisotopic (exact) mass is 186 g/mol. The predicted octanol–water partition coefficient (Wildman–Crippen LogP) is 1.14. The van der Waals surface area contributed by atoms with E-state index in [0.29, 0.717) is 5.92 Å². The molecule has 0 heterocycles. The Kier molecular flexibility index (Phi) is 3.45. The first kappa shape index (κ1) is 10.7. The van der Waals surface area contributed by atoms with Gasteiger partial charge in [-0.15, -0.1) is 0 Å². The lowest BCUT2D eigenvalue weighted by Gasteiger charge is -2.36. The van der Waals surface area contributed by atoms with Gasteiger partial charge >= 0.3 is 0 Å². The second-order valence-electron chi connectivity index (χ2n) is 3.88. The van der Waals surface area contributed by atoms with Crippen LogP contribution >= 0.6 is 0 Å². The lowest BCUT2D eigenvalue weighted by molar-refractivity contribution is -0.144. The molecule has 1 aliphatic rings. The number of Topliss-reactive ketones (excluding diaryl/α,β-unsaturated/α-hetero) is 1. The van der Waals surface area contributed by atoms with Crippen molar-refractivity contribution in [3.05, 3.63) is 0 Å². The summed E-state index contributed by atoms with van der Waals surface area (Å²) in [4.78, 5) is 11.4. The van der Waals surface area contributed by atoms with Crippen LogP contribution < -0.4 is 0 Å². The van der Waals surface area contributed by atoms with Gasteiger partial charge in [0, 0.05) is 13.7 Å². The first-order valence-electron chi connectivity index (χ1n) is 4.81. The lowest BCUT2D eigenvalue weighted by Crippen LogP contribution is -2.43. The van der Waals surface area contributed by atoms with Crippen LogP contribution in [-0.4, -0.2) is 30.2 Å². The summed E-state index contributed by atoms with van der Waals surface area (Å²) in [6.07, 6.45) is 3.29. The Morgan fingerprint density at radius 1 is 1.54 bits per heavy atom. The Labute approximate surface area is 79.1 Å². The zero-order valence-electron chi connectivity index (χ0n) is 8.38. The van der Waals surface area contributed by atoms with Gasteiger partial charge in [-0.1, -0.05) is 0 Å². The molecule has 13 heavy (non-hydrogen) atoms. The topological polar surface area (TPSA) is 46.5 Å². The number of aliphatic hydroxyl groups is 1. The van der Waals surface area contributed by atoms with Gasteiger partial charge in [0.15, 0.2) is 5.78 Å². The molecule has 0 bridgehead atoms. The summed E-state index contributed by atoms with van der Waals surface area (Å²) in [5, 5.41) is 8.95. The van der Waals surface area contributed by atoms with E-state index in [4.69, 9.17) is 9.84 Å². The van der Waals surface area contributed by atoms with Gasteiger partial charge in [0.25, 0.3) is 0 Å². The molecule has 0 aromatic carbocycles. The quantitative estimate of drug-likeness (QED) is 0.719. The molecule has 0 saturated heterocycles. The number of methoxy groups -OCH3 is 1. The molecule has 3 heteroatoms. The van der Waals surface area contributed by atoms with E-state index < -0.39 is 5.60 Å². The Morgan fingerprint density at radius 2 is 2.08 bits per heavy atom. The van der Waals surface area contributed by atoms with Crippen LogP contribution in [0.2, 0.25) is 0 Å². The van der Waals surface area contributed by atoms with Crippen molar-refractivity contribution >= 4 is 5.78 Å². The fraction of sp³-hybridized carbons (Fsp3) is 0.900. The molecule has 0 radical (unpaired) electrons. The van der Waals surface area contributed by atoms with Crippen LogP contribution in [0.1, 0.15) is 32.6 Å². The van der Waals surface area contributed by atoms with Crippen molar-refractivity contribution in [1.29, 1.82) is 0 Å². The average molecular weight is 186 g/mol. The standard InChI is InChI=1S/C10H18O3/c1-8(12)10(13-2)5-3-9(7-11)4-6-10/h9,11H,3-7H2,1-2H3. The zero-order chi connectivity index (χ0) is 9.90. The Balaban J connectivity index is 2.58. The molecule has 0 amide bonds. The van der Waals surface area contributed by atoms with Gasteiger partial charge < -0.3 is 9.84 Å². The summed E-state index contributed by atoms with van der Waals surface area (Å²) in [5.41, 5.74) is -0.550. The van der Waals surface area contributed by atoms with Gasteiger partial charge in [0.05, 0.1) is 0 Å². The number of aliphatic hydroxyl groups excluding tert-OH is 1. The van der Waals surface area contributed by atoms with Gasteiger partial charge in [-0.25, -0.2) is 0 Å². The summed E-state index contributed by atoms with van der Waals surface area (Å²) >= 11 is 0. The molecule has 0 unspecified atom stereocenters. The van der Waals surface area contributed by atoms with Gasteiger partial charge in [-0.2, -0.15) is 0 Å². The highest BCUT2D eigenvalue weighted by atomic mass is 16.5. The van der Waals surface area contributed by atoms with Gasteiger partial charge in [0.2, 0.25) is 0 Å². The van der Waals surface area contributed by atoms with E-state index in [0.717, 1.165) is 25.7 Å². The van der Waals surface area contributed by atoms with Crippen LogP contribution in [0.25, 0.3) is 0 Å². The second-order valence-corrected chi connectivity index (χ2v) is 3.88. The van der Waals surface area contributed by atoms with Crippen molar-refractivity contribution in [2.75, 3.05) is 13.7 Å². The van der Waals surface area contributed by atoms with E-state index in [9.17, 15) is 4.79 Å². The first-order chi connectivity index (χ1) is 6.14. The molecular formula is C10H18O3. The van der Waals surface area contributed by atoms with Crippen LogP contribution in [0.3, 0.4) is 0 Å². The summed E-state index contributed by atoms with van der Waals surface area (Å²) in [6, 6.07) is 0. The summed E-state index contributed by atoms with van der Waals surface area (Å²) in [7, 11) is 1.60. The largest absolute Gasteiger partial charge is 0.396 e. The zero-order valence-corrected chi connectivity index (χ0v) is 8.38.